The van der Waals surface area contributed by atoms with Gasteiger partial charge in [0.1, 0.15) is 23.4 Å². The number of oxime groups is 1. The van der Waals surface area contributed by atoms with Gasteiger partial charge < -0.3 is 19.8 Å². The highest BCUT2D eigenvalue weighted by Crippen LogP contribution is 2.42. The van der Waals surface area contributed by atoms with E-state index in [1.807, 2.05) is 122 Å². The first-order valence-corrected chi connectivity index (χ1v) is 19.5. The van der Waals surface area contributed by atoms with Gasteiger partial charge in [0.05, 0.1) is 12.0 Å². The largest absolute Gasteiger partial charge is 0.476 e. The Balaban J connectivity index is 1.05. The van der Waals surface area contributed by atoms with E-state index >= 15 is 0 Å². The molecular formula is C48H39N5O3S. The molecule has 0 spiro atoms. The molecule has 0 bridgehead atoms. The number of aliphatic carboxylic acids is 1. The molecule has 0 radical (unpaired) electrons. The Morgan fingerprint density at radius 1 is 0.649 bits per heavy atom. The summed E-state index contributed by atoms with van der Waals surface area (Å²) in [7, 11) is 0. The van der Waals surface area contributed by atoms with Gasteiger partial charge >= 0.3 is 5.97 Å². The van der Waals surface area contributed by atoms with Gasteiger partial charge in [-0.3, -0.25) is 0 Å². The first kappa shape index (κ1) is 36.9. The summed E-state index contributed by atoms with van der Waals surface area (Å²) in [5, 5.41) is 20.3. The third-order valence-electron chi connectivity index (χ3n) is 10.1. The summed E-state index contributed by atoms with van der Waals surface area (Å²) < 4.78 is 2.14. The minimum absolute atomic E-state index is 0.108. The van der Waals surface area contributed by atoms with Crippen LogP contribution in [-0.4, -0.2) is 37.9 Å². The van der Waals surface area contributed by atoms with Crippen LogP contribution in [0.25, 0.3) is 0 Å². The van der Waals surface area contributed by atoms with E-state index in [0.29, 0.717) is 11.6 Å². The molecule has 0 aliphatic carbocycles. The van der Waals surface area contributed by atoms with Crippen LogP contribution in [0.3, 0.4) is 0 Å². The second kappa shape index (κ2) is 16.7. The van der Waals surface area contributed by atoms with Crippen LogP contribution >= 0.6 is 11.3 Å². The SMILES string of the molecule is O=C(O)C(=NOCCc1cn(C(c2ccccc2)(c2ccccc2)c2ccccc2)cn1)c1csc(NC(c2ccccc2)(c2ccccc2)c2ccccc2)n1. The summed E-state index contributed by atoms with van der Waals surface area (Å²) in [6.07, 6.45) is 4.27. The van der Waals surface area contributed by atoms with E-state index in [1.165, 1.54) is 11.3 Å². The maximum Gasteiger partial charge on any atom is 0.360 e. The van der Waals surface area contributed by atoms with Crippen LogP contribution in [0.4, 0.5) is 5.13 Å². The van der Waals surface area contributed by atoms with Gasteiger partial charge in [-0.15, -0.1) is 11.3 Å². The van der Waals surface area contributed by atoms with E-state index < -0.39 is 17.0 Å². The van der Waals surface area contributed by atoms with Crippen molar-refractivity contribution in [1.29, 1.82) is 0 Å². The quantitative estimate of drug-likeness (QED) is 0.0467. The molecule has 2 heterocycles. The van der Waals surface area contributed by atoms with Crippen molar-refractivity contribution < 1.29 is 14.7 Å². The summed E-state index contributed by atoms with van der Waals surface area (Å²) in [6.45, 7) is 0.108. The van der Waals surface area contributed by atoms with Gasteiger partial charge in [-0.2, -0.15) is 0 Å². The number of carboxylic acid groups (broad SMARTS) is 1. The number of nitrogens with one attached hydrogen (secondary N) is 1. The molecule has 2 aromatic heterocycles. The van der Waals surface area contributed by atoms with Crippen molar-refractivity contribution in [2.75, 3.05) is 11.9 Å². The molecule has 8 aromatic rings. The lowest BCUT2D eigenvalue weighted by molar-refractivity contribution is -0.129. The van der Waals surface area contributed by atoms with Crippen molar-refractivity contribution in [3.63, 3.8) is 0 Å². The number of anilines is 1. The Bertz CT molecular complexity index is 2350. The number of hydrogen-bond donors (Lipinski definition) is 2. The highest BCUT2D eigenvalue weighted by Gasteiger charge is 2.39. The predicted molar refractivity (Wildman–Crippen MR) is 226 cm³/mol. The molecule has 0 amide bonds. The van der Waals surface area contributed by atoms with Crippen LogP contribution < -0.4 is 5.32 Å². The van der Waals surface area contributed by atoms with Crippen molar-refractivity contribution in [3.8, 4) is 0 Å². The summed E-state index contributed by atoms with van der Waals surface area (Å²) in [6, 6.07) is 61.6. The third kappa shape index (κ3) is 7.36. The van der Waals surface area contributed by atoms with Crippen LogP contribution in [0.1, 0.15) is 44.8 Å². The lowest BCUT2D eigenvalue weighted by Crippen LogP contribution is -2.38. The highest BCUT2D eigenvalue weighted by molar-refractivity contribution is 7.14. The van der Waals surface area contributed by atoms with Gasteiger partial charge in [-0.05, 0) is 33.4 Å². The highest BCUT2D eigenvalue weighted by atomic mass is 32.1. The van der Waals surface area contributed by atoms with E-state index in [1.54, 1.807) is 5.38 Å². The van der Waals surface area contributed by atoms with Crippen molar-refractivity contribution in [1.82, 2.24) is 14.5 Å². The third-order valence-corrected chi connectivity index (χ3v) is 10.8. The van der Waals surface area contributed by atoms with Gasteiger partial charge in [0.25, 0.3) is 0 Å². The van der Waals surface area contributed by atoms with Crippen LogP contribution in [0.5, 0.6) is 0 Å². The minimum atomic E-state index is -1.24. The zero-order valence-electron chi connectivity index (χ0n) is 30.9. The van der Waals surface area contributed by atoms with Crippen molar-refractivity contribution >= 4 is 28.1 Å². The fourth-order valence-electron chi connectivity index (χ4n) is 7.50. The molecule has 57 heavy (non-hydrogen) atoms. The Hall–Kier alpha value is -7.10. The molecule has 9 heteroatoms. The van der Waals surface area contributed by atoms with Crippen LogP contribution in [0.2, 0.25) is 0 Å². The van der Waals surface area contributed by atoms with Gasteiger partial charge in [0.15, 0.2) is 5.13 Å². The first-order chi connectivity index (χ1) is 28.1. The van der Waals surface area contributed by atoms with Crippen LogP contribution in [0, 0.1) is 0 Å². The van der Waals surface area contributed by atoms with Crippen molar-refractivity contribution in [2.24, 2.45) is 5.16 Å². The summed E-state index contributed by atoms with van der Waals surface area (Å²) in [4.78, 5) is 27.8. The van der Waals surface area contributed by atoms with Crippen molar-refractivity contribution in [3.05, 3.63) is 245 Å². The number of benzene rings is 6. The Kier molecular flexibility index (Phi) is 10.8. The zero-order chi connectivity index (χ0) is 38.9. The molecule has 0 aliphatic rings. The summed E-state index contributed by atoms with van der Waals surface area (Å²) in [5.74, 6) is -1.24. The van der Waals surface area contributed by atoms with E-state index in [0.717, 1.165) is 39.1 Å². The molecule has 8 rings (SSSR count). The lowest BCUT2D eigenvalue weighted by atomic mass is 9.77. The smallest absolute Gasteiger partial charge is 0.360 e. The van der Waals surface area contributed by atoms with Crippen LogP contribution in [0.15, 0.2) is 205 Å². The normalized spacial score (nSPS) is 11.9. The predicted octanol–water partition coefficient (Wildman–Crippen LogP) is 9.63. The molecular weight excluding hydrogens is 727 g/mol. The average Bonchev–Trinajstić information content (AvgIpc) is 3.95. The molecule has 6 aromatic carbocycles. The number of carboxylic acids is 1. The molecule has 280 valence electrons. The molecule has 0 unspecified atom stereocenters. The minimum Gasteiger partial charge on any atom is -0.476 e. The zero-order valence-corrected chi connectivity index (χ0v) is 31.7. The number of rotatable bonds is 15. The lowest BCUT2D eigenvalue weighted by Gasteiger charge is -2.37. The van der Waals surface area contributed by atoms with E-state index in [9.17, 15) is 9.90 Å². The van der Waals surface area contributed by atoms with Gasteiger partial charge in [-0.1, -0.05) is 187 Å². The summed E-state index contributed by atoms with van der Waals surface area (Å²) in [5.41, 5.74) is 5.44. The van der Waals surface area contributed by atoms with Gasteiger partial charge in [0, 0.05) is 18.0 Å². The number of aromatic nitrogens is 3. The summed E-state index contributed by atoms with van der Waals surface area (Å²) >= 11 is 1.31. The Labute approximate surface area is 335 Å². The topological polar surface area (TPSA) is 102 Å². The Morgan fingerprint density at radius 2 is 1.07 bits per heavy atom. The first-order valence-electron chi connectivity index (χ1n) is 18.6. The molecule has 0 fully saturated rings. The number of imidazole rings is 1. The number of nitrogens with zero attached hydrogens (tertiary/aromatic N) is 4. The van der Waals surface area contributed by atoms with Gasteiger partial charge in [-0.25, -0.2) is 14.8 Å². The number of carbonyl (C=O) groups is 1. The van der Waals surface area contributed by atoms with E-state index in [4.69, 9.17) is 14.8 Å². The molecule has 0 atom stereocenters. The molecule has 2 N–H and O–H groups in total. The monoisotopic (exact) mass is 765 g/mol. The maximum absolute atomic E-state index is 12.6. The maximum atomic E-state index is 12.6. The molecule has 0 saturated heterocycles. The fraction of sp³-hybridized carbons (Fsp3) is 0.0833. The molecule has 8 nitrogen and oxygen atoms in total. The van der Waals surface area contributed by atoms with Crippen molar-refractivity contribution in [2.45, 2.75) is 17.5 Å². The second-order valence-corrected chi connectivity index (χ2v) is 14.3. The van der Waals surface area contributed by atoms with E-state index in [-0.39, 0.29) is 18.0 Å². The second-order valence-electron chi connectivity index (χ2n) is 13.4. The fourth-order valence-corrected chi connectivity index (χ4v) is 8.25. The molecule has 0 saturated carbocycles. The number of thiazole rings is 1. The van der Waals surface area contributed by atoms with E-state index in [2.05, 4.69) is 87.8 Å². The average molecular weight is 766 g/mol. The molecule has 0 aliphatic heterocycles. The van der Waals surface area contributed by atoms with Crippen LogP contribution in [-0.2, 0) is 27.1 Å². The number of hydrogen-bond acceptors (Lipinski definition) is 7. The standard InChI is InChI=1S/C48H39N5O3S/c54-45(55)44(43-34-57-46(50-43)51-47(36-19-7-1-8-20-36,37-21-9-2-10-22-37)38-23-11-3-12-24-38)52-56-32-31-42-33-53(35-49-42)48(39-25-13-4-14-26-39,40-27-15-5-16-28-40)41-29-17-6-18-30-41/h1-30,33-35H,31-32H2,(H,50,51)(H,54,55). The van der Waals surface area contributed by atoms with Gasteiger partial charge in [0.2, 0.25) is 5.71 Å². The Morgan fingerprint density at radius 3 is 1.49 bits per heavy atom.